The van der Waals surface area contributed by atoms with E-state index in [1.165, 1.54) is 0 Å². The summed E-state index contributed by atoms with van der Waals surface area (Å²) < 4.78 is 0.125. The van der Waals surface area contributed by atoms with Crippen LogP contribution in [0.25, 0.3) is 0 Å². The van der Waals surface area contributed by atoms with Crippen LogP contribution >= 0.6 is 24.4 Å². The summed E-state index contributed by atoms with van der Waals surface area (Å²) in [5.74, 6) is -0.937. The third kappa shape index (κ3) is 4.76. The predicted molar refractivity (Wildman–Crippen MR) is 65.6 cm³/mol. The smallest absolute Gasteiger partial charge is 0.860 e. The summed E-state index contributed by atoms with van der Waals surface area (Å²) in [5.41, 5.74) is -0.937. The van der Waals surface area contributed by atoms with E-state index in [-0.39, 0.29) is 12.4 Å². The molecule has 0 fully saturated rings. The molecule has 96 valence electrons. The molecule has 0 aliphatic carbocycles. The fraction of sp³-hybridized carbons (Fsp3) is 0. The first-order valence-corrected chi connectivity index (χ1v) is 5.20. The van der Waals surface area contributed by atoms with Crippen molar-refractivity contribution in [2.45, 2.75) is 0 Å². The van der Waals surface area contributed by atoms with Gasteiger partial charge >= 0.3 is 2.85 Å². The lowest BCUT2D eigenvalue weighted by molar-refractivity contribution is -0.276. The van der Waals surface area contributed by atoms with Crippen molar-refractivity contribution < 1.29 is 13.1 Å². The highest BCUT2D eigenvalue weighted by molar-refractivity contribution is 7.71. The van der Waals surface area contributed by atoms with E-state index >= 15 is 0 Å². The zero-order valence-electron chi connectivity index (χ0n) is 10.6. The van der Waals surface area contributed by atoms with Crippen LogP contribution in [0.15, 0.2) is 21.7 Å². The van der Waals surface area contributed by atoms with E-state index in [0.29, 0.717) is 0 Å². The molecule has 0 amide bonds. The molecule has 0 saturated carbocycles. The van der Waals surface area contributed by atoms with Crippen LogP contribution in [0.2, 0.25) is 0 Å². The van der Waals surface area contributed by atoms with Gasteiger partial charge in [-0.05, 0) is 36.2 Å². The molecule has 2 aromatic rings. The Morgan fingerprint density at radius 2 is 1.17 bits per heavy atom. The first kappa shape index (κ1) is 13.9. The molecule has 10 heteroatoms. The van der Waals surface area contributed by atoms with E-state index in [9.17, 15) is 19.8 Å². The number of nitrogens with one attached hydrogen (secondary N) is 4. The SMILES string of the molecule is O=c1cc([O-])[nH]c(=S)[nH]1.O=c1cc([O-])[nH]c(=S)[nH]1.[H+].[H+]. The standard InChI is InChI=1S/2C4H4N2O2S/c2*7-2-1-3(8)6-4(9)5-2/h2*1H,(H3,5,6,7,8,9). The molecule has 4 N–H and O–H groups in total. The lowest BCUT2D eigenvalue weighted by atomic mass is 10.6. The minimum absolute atomic E-state index is 0. The number of rotatable bonds is 0. The van der Waals surface area contributed by atoms with E-state index in [1.54, 1.807) is 0 Å². The zero-order valence-corrected chi connectivity index (χ0v) is 10.2. The predicted octanol–water partition coefficient (Wildman–Crippen LogP) is -0.763. The molecule has 2 aromatic heterocycles. The molecule has 0 aliphatic rings. The Morgan fingerprint density at radius 3 is 1.39 bits per heavy atom. The van der Waals surface area contributed by atoms with Crippen molar-refractivity contribution in [1.29, 1.82) is 0 Å². The monoisotopic (exact) mass is 288 g/mol. The molecule has 0 saturated heterocycles. The van der Waals surface area contributed by atoms with Crippen molar-refractivity contribution in [3.8, 4) is 11.8 Å². The lowest BCUT2D eigenvalue weighted by Gasteiger charge is -2.00. The highest BCUT2D eigenvalue weighted by Crippen LogP contribution is 1.87. The number of aromatic nitrogens is 4. The molecule has 8 nitrogen and oxygen atoms in total. The number of H-pyrrole nitrogens is 4. The Morgan fingerprint density at radius 1 is 0.833 bits per heavy atom. The Kier molecular flexibility index (Phi) is 4.57. The molecular weight excluding hydrogens is 280 g/mol. The average Bonchev–Trinajstić information content (AvgIpc) is 2.12. The third-order valence-electron chi connectivity index (χ3n) is 1.47. The van der Waals surface area contributed by atoms with Gasteiger partial charge in [0, 0.05) is 12.1 Å². The molecule has 0 atom stereocenters. The van der Waals surface area contributed by atoms with Crippen LogP contribution < -0.4 is 21.3 Å². The Labute approximate surface area is 112 Å². The molecule has 0 spiro atoms. The molecule has 0 radical (unpaired) electrons. The minimum atomic E-state index is -0.469. The first-order chi connectivity index (χ1) is 8.36. The van der Waals surface area contributed by atoms with Crippen LogP contribution in [0.3, 0.4) is 0 Å². The summed E-state index contributed by atoms with van der Waals surface area (Å²) in [6, 6.07) is 1.80. The molecule has 0 aromatic carbocycles. The van der Waals surface area contributed by atoms with Gasteiger partial charge in [-0.15, -0.1) is 0 Å². The van der Waals surface area contributed by atoms with Gasteiger partial charge in [-0.2, -0.15) is 0 Å². The van der Waals surface area contributed by atoms with Gasteiger partial charge in [0.05, 0.1) is 0 Å². The van der Waals surface area contributed by atoms with E-state index in [2.05, 4.69) is 44.4 Å². The van der Waals surface area contributed by atoms with Gasteiger partial charge in [-0.3, -0.25) is 19.6 Å². The van der Waals surface area contributed by atoms with Gasteiger partial charge in [-0.1, -0.05) is 0 Å². The van der Waals surface area contributed by atoms with Gasteiger partial charge in [0.1, 0.15) is 0 Å². The van der Waals surface area contributed by atoms with Crippen molar-refractivity contribution in [3.63, 3.8) is 0 Å². The Balaban J connectivity index is 0. The summed E-state index contributed by atoms with van der Waals surface area (Å²) in [4.78, 5) is 29.6. The molecule has 0 unspecified atom stereocenters. The summed E-state index contributed by atoms with van der Waals surface area (Å²) >= 11 is 8.95. The van der Waals surface area contributed by atoms with Gasteiger partial charge in [0.25, 0.3) is 11.1 Å². The van der Waals surface area contributed by atoms with Crippen LogP contribution in [0, 0.1) is 9.54 Å². The van der Waals surface area contributed by atoms with Crippen molar-refractivity contribution in [3.05, 3.63) is 42.4 Å². The maximum atomic E-state index is 10.4. The normalized spacial score (nSPS) is 9.33. The summed E-state index contributed by atoms with van der Waals surface area (Å²) in [6.45, 7) is 0. The largest absolute Gasteiger partial charge is 1.00 e. The number of hydrogen-bond acceptors (Lipinski definition) is 6. The molecule has 18 heavy (non-hydrogen) atoms. The lowest BCUT2D eigenvalue weighted by Crippen LogP contribution is -2.08. The Hall–Kier alpha value is -2.20. The first-order valence-electron chi connectivity index (χ1n) is 4.38. The minimum Gasteiger partial charge on any atom is -0.860 e. The maximum absolute atomic E-state index is 10.4. The van der Waals surface area contributed by atoms with Gasteiger partial charge in [0.2, 0.25) is 0 Å². The number of hydrogen-bond donors (Lipinski definition) is 4. The second kappa shape index (κ2) is 5.93. The molecule has 0 bridgehead atoms. The maximum Gasteiger partial charge on any atom is 1.00 e. The van der Waals surface area contributed by atoms with Gasteiger partial charge in [0.15, 0.2) is 9.54 Å². The summed E-state index contributed by atoms with van der Waals surface area (Å²) in [6.07, 6.45) is 0. The highest BCUT2D eigenvalue weighted by atomic mass is 32.1. The summed E-state index contributed by atoms with van der Waals surface area (Å²) in [5, 5.41) is 20.7. The molecule has 2 rings (SSSR count). The molecule has 2 heterocycles. The third-order valence-corrected chi connectivity index (χ3v) is 1.88. The van der Waals surface area contributed by atoms with Crippen molar-refractivity contribution in [2.75, 3.05) is 0 Å². The highest BCUT2D eigenvalue weighted by Gasteiger charge is 1.80. The van der Waals surface area contributed by atoms with Crippen LogP contribution in [0.5, 0.6) is 11.8 Å². The van der Waals surface area contributed by atoms with Crippen molar-refractivity contribution in [1.82, 2.24) is 19.9 Å². The van der Waals surface area contributed by atoms with Crippen molar-refractivity contribution >= 4 is 24.4 Å². The van der Waals surface area contributed by atoms with E-state index in [4.69, 9.17) is 0 Å². The molecule has 0 aliphatic heterocycles. The average molecular weight is 288 g/mol. The second-order valence-corrected chi connectivity index (χ2v) is 3.72. The van der Waals surface area contributed by atoms with E-state index in [1.807, 2.05) is 0 Å². The Bertz CT molecular complexity index is 644. The number of aromatic amines is 4. The van der Waals surface area contributed by atoms with Crippen LogP contribution in [0.1, 0.15) is 2.85 Å². The topological polar surface area (TPSA) is 143 Å². The van der Waals surface area contributed by atoms with Gasteiger partial charge < -0.3 is 20.2 Å². The second-order valence-electron chi connectivity index (χ2n) is 2.90. The van der Waals surface area contributed by atoms with Crippen molar-refractivity contribution in [2.24, 2.45) is 0 Å². The van der Waals surface area contributed by atoms with Crippen LogP contribution in [-0.2, 0) is 0 Å². The van der Waals surface area contributed by atoms with Crippen LogP contribution in [0.4, 0.5) is 0 Å². The fourth-order valence-electron chi connectivity index (χ4n) is 0.893. The molecular formula is C8H8N4O4S2. The fourth-order valence-corrected chi connectivity index (χ4v) is 1.29. The summed E-state index contributed by atoms with van der Waals surface area (Å²) in [7, 11) is 0. The van der Waals surface area contributed by atoms with E-state index in [0.717, 1.165) is 12.1 Å². The zero-order chi connectivity index (χ0) is 13.7. The van der Waals surface area contributed by atoms with Gasteiger partial charge in [-0.25, -0.2) is 0 Å². The quantitative estimate of drug-likeness (QED) is 0.469. The van der Waals surface area contributed by atoms with Crippen LogP contribution in [-0.4, -0.2) is 19.9 Å². The van der Waals surface area contributed by atoms with E-state index < -0.39 is 22.9 Å².